The van der Waals surface area contributed by atoms with Crippen molar-refractivity contribution in [2.75, 3.05) is 17.8 Å². The summed E-state index contributed by atoms with van der Waals surface area (Å²) < 4.78 is 0. The van der Waals surface area contributed by atoms with Gasteiger partial charge in [0.05, 0.1) is 11.4 Å². The number of benzene rings is 2. The maximum absolute atomic E-state index is 6.04. The lowest BCUT2D eigenvalue weighted by atomic mass is 10.1. The third-order valence-electron chi connectivity index (χ3n) is 2.86. The Labute approximate surface area is 138 Å². The number of hydrogen-bond acceptors (Lipinski definition) is 3. The second kappa shape index (κ2) is 7.03. The van der Waals surface area contributed by atoms with Crippen LogP contribution in [0.4, 0.5) is 11.4 Å². The van der Waals surface area contributed by atoms with E-state index in [-0.39, 0.29) is 0 Å². The molecule has 0 saturated carbocycles. The monoisotopic (exact) mass is 341 g/mol. The van der Waals surface area contributed by atoms with Crippen LogP contribution in [0, 0.1) is 0 Å². The molecule has 0 bridgehead atoms. The zero-order valence-electron chi connectivity index (χ0n) is 11.5. The molecule has 0 fully saturated rings. The fourth-order valence-corrected chi connectivity index (χ4v) is 2.56. The molecule has 2 aromatic rings. The molecule has 2 N–H and O–H groups in total. The van der Waals surface area contributed by atoms with Gasteiger partial charge in [-0.2, -0.15) is 5.10 Å². The van der Waals surface area contributed by atoms with Crippen molar-refractivity contribution in [1.82, 2.24) is 0 Å². The number of anilines is 2. The van der Waals surface area contributed by atoms with Gasteiger partial charge in [0.1, 0.15) is 0 Å². The third-order valence-corrected chi connectivity index (χ3v) is 3.53. The average Bonchev–Trinajstić information content (AvgIpc) is 2.43. The molecule has 0 heterocycles. The molecule has 0 aliphatic rings. The van der Waals surface area contributed by atoms with Gasteiger partial charge in [-0.05, 0) is 43.3 Å². The van der Waals surface area contributed by atoms with Gasteiger partial charge < -0.3 is 5.32 Å². The summed E-state index contributed by atoms with van der Waals surface area (Å²) in [6.45, 7) is 1.89. The number of hydrazone groups is 1. The zero-order valence-corrected chi connectivity index (χ0v) is 13.8. The lowest BCUT2D eigenvalue weighted by Crippen LogP contribution is -2.04. The van der Waals surface area contributed by atoms with Gasteiger partial charge in [-0.3, -0.25) is 5.43 Å². The van der Waals surface area contributed by atoms with Crippen LogP contribution in [0.5, 0.6) is 0 Å². The Morgan fingerprint density at radius 2 is 1.62 bits per heavy atom. The highest BCUT2D eigenvalue weighted by Crippen LogP contribution is 2.24. The van der Waals surface area contributed by atoms with Crippen molar-refractivity contribution in [3.8, 4) is 0 Å². The Morgan fingerprint density at radius 1 is 0.952 bits per heavy atom. The van der Waals surface area contributed by atoms with Crippen LogP contribution in [0.2, 0.25) is 15.1 Å². The van der Waals surface area contributed by atoms with E-state index in [0.717, 1.165) is 22.6 Å². The lowest BCUT2D eigenvalue weighted by Gasteiger charge is -2.10. The van der Waals surface area contributed by atoms with Gasteiger partial charge in [-0.25, -0.2) is 0 Å². The molecular weight excluding hydrogens is 329 g/mol. The number of rotatable bonds is 4. The largest absolute Gasteiger partial charge is 0.388 e. The predicted molar refractivity (Wildman–Crippen MR) is 93.3 cm³/mol. The fraction of sp³-hybridized carbons (Fsp3) is 0.133. The maximum atomic E-state index is 6.04. The smallest absolute Gasteiger partial charge is 0.0669 e. The summed E-state index contributed by atoms with van der Waals surface area (Å²) in [5.41, 5.74) is 6.33. The Balaban J connectivity index is 2.27. The quantitative estimate of drug-likeness (QED) is 0.566. The Morgan fingerprint density at radius 3 is 2.24 bits per heavy atom. The van der Waals surface area contributed by atoms with Crippen molar-refractivity contribution >= 4 is 51.9 Å². The van der Waals surface area contributed by atoms with Crippen LogP contribution in [0.1, 0.15) is 12.5 Å². The topological polar surface area (TPSA) is 36.4 Å². The predicted octanol–water partition coefficient (Wildman–Crippen LogP) is 5.52. The number of hydrogen-bond donors (Lipinski definition) is 2. The first kappa shape index (κ1) is 16.0. The molecule has 21 heavy (non-hydrogen) atoms. The SMILES string of the molecule is CNc1ccc(Cl)cc1/C(C)=N/Nc1cc(Cl)cc(Cl)c1. The summed E-state index contributed by atoms with van der Waals surface area (Å²) in [7, 11) is 1.85. The summed E-state index contributed by atoms with van der Waals surface area (Å²) in [6.07, 6.45) is 0. The summed E-state index contributed by atoms with van der Waals surface area (Å²) in [5, 5.41) is 9.22. The Kier molecular flexibility index (Phi) is 5.34. The van der Waals surface area contributed by atoms with E-state index in [1.54, 1.807) is 18.2 Å². The van der Waals surface area contributed by atoms with E-state index in [0.29, 0.717) is 15.1 Å². The molecule has 3 nitrogen and oxygen atoms in total. The second-order valence-electron chi connectivity index (χ2n) is 4.41. The van der Waals surface area contributed by atoms with Gasteiger partial charge in [0, 0.05) is 33.4 Å². The van der Waals surface area contributed by atoms with Gasteiger partial charge in [0.2, 0.25) is 0 Å². The highest BCUT2D eigenvalue weighted by molar-refractivity contribution is 6.35. The standard InChI is InChI=1S/C15H14Cl3N3/c1-9(14-8-10(16)3-4-15(14)19-2)20-21-13-6-11(17)5-12(18)7-13/h3-8,19,21H,1-2H3/b20-9+. The minimum Gasteiger partial charge on any atom is -0.388 e. The zero-order chi connectivity index (χ0) is 15.4. The molecule has 2 aromatic carbocycles. The number of nitrogens with one attached hydrogen (secondary N) is 2. The molecule has 0 aromatic heterocycles. The van der Waals surface area contributed by atoms with E-state index < -0.39 is 0 Å². The van der Waals surface area contributed by atoms with Crippen molar-refractivity contribution < 1.29 is 0 Å². The molecule has 6 heteroatoms. The molecule has 110 valence electrons. The van der Waals surface area contributed by atoms with Gasteiger partial charge in [-0.1, -0.05) is 34.8 Å². The van der Waals surface area contributed by atoms with Crippen molar-refractivity contribution in [2.24, 2.45) is 5.10 Å². The van der Waals surface area contributed by atoms with Crippen LogP contribution in [0.3, 0.4) is 0 Å². The minimum atomic E-state index is 0.552. The summed E-state index contributed by atoms with van der Waals surface area (Å²) in [4.78, 5) is 0. The molecule has 0 spiro atoms. The normalized spacial score (nSPS) is 11.4. The van der Waals surface area contributed by atoms with Crippen LogP contribution >= 0.6 is 34.8 Å². The first-order valence-electron chi connectivity index (χ1n) is 6.23. The van der Waals surface area contributed by atoms with E-state index >= 15 is 0 Å². The van der Waals surface area contributed by atoms with E-state index in [4.69, 9.17) is 34.8 Å². The minimum absolute atomic E-state index is 0.552. The second-order valence-corrected chi connectivity index (χ2v) is 5.72. The van der Waals surface area contributed by atoms with Crippen LogP contribution in [-0.4, -0.2) is 12.8 Å². The maximum Gasteiger partial charge on any atom is 0.0669 e. The molecule has 0 atom stereocenters. The summed E-state index contributed by atoms with van der Waals surface area (Å²) >= 11 is 17.9. The Bertz CT molecular complexity index is 664. The molecule has 0 radical (unpaired) electrons. The average molecular weight is 343 g/mol. The van der Waals surface area contributed by atoms with Crippen molar-refractivity contribution in [2.45, 2.75) is 6.92 Å². The van der Waals surface area contributed by atoms with Gasteiger partial charge >= 0.3 is 0 Å². The molecule has 2 rings (SSSR count). The summed E-state index contributed by atoms with van der Waals surface area (Å²) in [6, 6.07) is 10.8. The fourth-order valence-electron chi connectivity index (χ4n) is 1.86. The van der Waals surface area contributed by atoms with E-state index in [1.807, 2.05) is 32.2 Å². The molecular formula is C15H14Cl3N3. The highest BCUT2D eigenvalue weighted by atomic mass is 35.5. The van der Waals surface area contributed by atoms with E-state index in [1.165, 1.54) is 0 Å². The van der Waals surface area contributed by atoms with Crippen LogP contribution in [0.15, 0.2) is 41.5 Å². The summed E-state index contributed by atoms with van der Waals surface area (Å²) in [5.74, 6) is 0. The highest BCUT2D eigenvalue weighted by Gasteiger charge is 2.06. The van der Waals surface area contributed by atoms with Crippen molar-refractivity contribution in [3.63, 3.8) is 0 Å². The van der Waals surface area contributed by atoms with Crippen molar-refractivity contribution in [3.05, 3.63) is 57.0 Å². The van der Waals surface area contributed by atoms with Gasteiger partial charge in [-0.15, -0.1) is 0 Å². The first-order chi connectivity index (χ1) is 9.99. The third kappa shape index (κ3) is 4.27. The lowest BCUT2D eigenvalue weighted by molar-refractivity contribution is 1.32. The molecule has 0 unspecified atom stereocenters. The molecule has 0 aliphatic carbocycles. The van der Waals surface area contributed by atoms with E-state index in [9.17, 15) is 0 Å². The van der Waals surface area contributed by atoms with Gasteiger partial charge in [0.15, 0.2) is 0 Å². The molecule has 0 saturated heterocycles. The first-order valence-corrected chi connectivity index (χ1v) is 7.37. The Hall–Kier alpha value is -1.42. The van der Waals surface area contributed by atoms with Crippen LogP contribution in [-0.2, 0) is 0 Å². The molecule has 0 aliphatic heterocycles. The van der Waals surface area contributed by atoms with E-state index in [2.05, 4.69) is 15.8 Å². The number of nitrogens with zero attached hydrogens (tertiary/aromatic N) is 1. The van der Waals surface area contributed by atoms with Gasteiger partial charge in [0.25, 0.3) is 0 Å². The van der Waals surface area contributed by atoms with Crippen molar-refractivity contribution in [1.29, 1.82) is 0 Å². The molecule has 0 amide bonds. The van der Waals surface area contributed by atoms with Crippen LogP contribution < -0.4 is 10.7 Å². The number of halogens is 3. The van der Waals surface area contributed by atoms with Crippen LogP contribution in [0.25, 0.3) is 0 Å².